The zero-order chi connectivity index (χ0) is 10.8. The molecule has 2 aromatic rings. The highest BCUT2D eigenvalue weighted by molar-refractivity contribution is 5.59. The van der Waals surface area contributed by atoms with Crippen LogP contribution in [0.4, 0.5) is 5.82 Å². The molecule has 2 N–H and O–H groups in total. The molecule has 0 fully saturated rings. The second-order valence-electron chi connectivity index (χ2n) is 3.69. The molecule has 0 aliphatic heterocycles. The minimum atomic E-state index is 0.290. The molecule has 2 rings (SSSR count). The van der Waals surface area contributed by atoms with Crippen molar-refractivity contribution in [2.75, 3.05) is 5.73 Å². The van der Waals surface area contributed by atoms with E-state index in [0.717, 1.165) is 17.2 Å². The van der Waals surface area contributed by atoms with Crippen molar-refractivity contribution in [3.05, 3.63) is 30.4 Å². The number of nitrogen functional groups attached to an aromatic ring is 1. The maximum atomic E-state index is 5.59. The van der Waals surface area contributed by atoms with Gasteiger partial charge in [0.25, 0.3) is 0 Å². The number of hydrogen-bond donors (Lipinski definition) is 1. The molecule has 0 aromatic carbocycles. The summed E-state index contributed by atoms with van der Waals surface area (Å²) in [5.41, 5.74) is 6.49. The number of pyridine rings is 1. The number of anilines is 1. The average Bonchev–Trinajstić information content (AvgIpc) is 2.66. The first kappa shape index (κ1) is 9.71. The van der Waals surface area contributed by atoms with Crippen LogP contribution in [0, 0.1) is 0 Å². The summed E-state index contributed by atoms with van der Waals surface area (Å²) in [6.07, 6.45) is 3.37. The number of rotatable bonds is 2. The van der Waals surface area contributed by atoms with Crippen molar-refractivity contribution in [1.29, 1.82) is 0 Å². The van der Waals surface area contributed by atoms with Crippen LogP contribution in [0.25, 0.3) is 11.3 Å². The Morgan fingerprint density at radius 1 is 1.33 bits per heavy atom. The van der Waals surface area contributed by atoms with Crippen LogP contribution >= 0.6 is 0 Å². The van der Waals surface area contributed by atoms with Crippen molar-refractivity contribution in [1.82, 2.24) is 9.97 Å². The molecule has 0 saturated carbocycles. The molecule has 0 aliphatic carbocycles. The lowest BCUT2D eigenvalue weighted by atomic mass is 10.2. The molecule has 0 radical (unpaired) electrons. The minimum Gasteiger partial charge on any atom is -0.440 e. The summed E-state index contributed by atoms with van der Waals surface area (Å²) in [7, 11) is 0. The smallest absolute Gasteiger partial charge is 0.197 e. The van der Waals surface area contributed by atoms with E-state index in [-0.39, 0.29) is 5.92 Å². The van der Waals surface area contributed by atoms with Crippen LogP contribution in [0.1, 0.15) is 25.7 Å². The van der Waals surface area contributed by atoms with Gasteiger partial charge in [0.1, 0.15) is 5.82 Å². The van der Waals surface area contributed by atoms with Gasteiger partial charge < -0.3 is 10.2 Å². The fourth-order valence-electron chi connectivity index (χ4n) is 1.29. The first-order chi connectivity index (χ1) is 7.16. The summed E-state index contributed by atoms with van der Waals surface area (Å²) in [5.74, 6) is 2.24. The Bertz CT molecular complexity index is 462. The van der Waals surface area contributed by atoms with Gasteiger partial charge in [0.15, 0.2) is 11.7 Å². The molecule has 2 heterocycles. The summed E-state index contributed by atoms with van der Waals surface area (Å²) in [4.78, 5) is 8.12. The lowest BCUT2D eigenvalue weighted by Crippen LogP contribution is -1.88. The van der Waals surface area contributed by atoms with E-state index in [1.54, 1.807) is 18.5 Å². The number of aromatic nitrogens is 2. The SMILES string of the molecule is CC(C)c1ncc(-c2ccnc(N)c2)o1. The van der Waals surface area contributed by atoms with Gasteiger partial charge in [-0.25, -0.2) is 9.97 Å². The third kappa shape index (κ3) is 1.98. The summed E-state index contributed by atoms with van der Waals surface area (Å²) in [5, 5.41) is 0. The van der Waals surface area contributed by atoms with E-state index >= 15 is 0 Å². The van der Waals surface area contributed by atoms with E-state index in [0.29, 0.717) is 5.82 Å². The molecule has 4 nitrogen and oxygen atoms in total. The van der Waals surface area contributed by atoms with Crippen LogP contribution in [0.5, 0.6) is 0 Å². The number of hydrogen-bond acceptors (Lipinski definition) is 4. The molecule has 0 bridgehead atoms. The van der Waals surface area contributed by atoms with E-state index in [1.807, 2.05) is 19.9 Å². The monoisotopic (exact) mass is 203 g/mol. The zero-order valence-corrected chi connectivity index (χ0v) is 8.77. The fraction of sp³-hybridized carbons (Fsp3) is 0.273. The summed E-state index contributed by atoms with van der Waals surface area (Å²) >= 11 is 0. The van der Waals surface area contributed by atoms with E-state index < -0.39 is 0 Å². The topological polar surface area (TPSA) is 64.9 Å². The lowest BCUT2D eigenvalue weighted by Gasteiger charge is -1.98. The van der Waals surface area contributed by atoms with E-state index in [2.05, 4.69) is 9.97 Å². The highest BCUT2D eigenvalue weighted by Crippen LogP contribution is 2.23. The van der Waals surface area contributed by atoms with Crippen molar-refractivity contribution in [2.24, 2.45) is 0 Å². The minimum absolute atomic E-state index is 0.290. The molecule has 0 atom stereocenters. The van der Waals surface area contributed by atoms with E-state index in [1.165, 1.54) is 0 Å². The van der Waals surface area contributed by atoms with E-state index in [9.17, 15) is 0 Å². The van der Waals surface area contributed by atoms with Gasteiger partial charge in [-0.05, 0) is 12.1 Å². The highest BCUT2D eigenvalue weighted by atomic mass is 16.4. The van der Waals surface area contributed by atoms with Crippen LogP contribution in [-0.2, 0) is 0 Å². The molecule has 0 aliphatic rings. The Balaban J connectivity index is 2.37. The molecular weight excluding hydrogens is 190 g/mol. The predicted molar refractivity (Wildman–Crippen MR) is 58.2 cm³/mol. The Labute approximate surface area is 88.2 Å². The Morgan fingerprint density at radius 2 is 2.13 bits per heavy atom. The number of oxazole rings is 1. The van der Waals surface area contributed by atoms with Crippen molar-refractivity contribution in [3.8, 4) is 11.3 Å². The van der Waals surface area contributed by atoms with Gasteiger partial charge in [0, 0.05) is 17.7 Å². The van der Waals surface area contributed by atoms with Gasteiger partial charge in [0.05, 0.1) is 6.20 Å². The summed E-state index contributed by atoms with van der Waals surface area (Å²) in [6.45, 7) is 4.08. The maximum absolute atomic E-state index is 5.59. The quantitative estimate of drug-likeness (QED) is 0.814. The van der Waals surface area contributed by atoms with Crippen LogP contribution < -0.4 is 5.73 Å². The third-order valence-corrected chi connectivity index (χ3v) is 2.08. The molecule has 0 amide bonds. The standard InChI is InChI=1S/C11H13N3O/c1-7(2)11-14-6-9(15-11)8-3-4-13-10(12)5-8/h3-7H,1-2H3,(H2,12,13). The Morgan fingerprint density at radius 3 is 2.73 bits per heavy atom. The molecule has 2 aromatic heterocycles. The largest absolute Gasteiger partial charge is 0.440 e. The van der Waals surface area contributed by atoms with Crippen molar-refractivity contribution in [2.45, 2.75) is 19.8 Å². The predicted octanol–water partition coefficient (Wildman–Crippen LogP) is 2.44. The first-order valence-electron chi connectivity index (χ1n) is 4.84. The molecule has 0 saturated heterocycles. The van der Waals surface area contributed by atoms with Gasteiger partial charge in [0.2, 0.25) is 0 Å². The van der Waals surface area contributed by atoms with Gasteiger partial charge in [-0.2, -0.15) is 0 Å². The van der Waals surface area contributed by atoms with Gasteiger partial charge in [-0.3, -0.25) is 0 Å². The Hall–Kier alpha value is -1.84. The molecule has 78 valence electrons. The molecule has 15 heavy (non-hydrogen) atoms. The second-order valence-corrected chi connectivity index (χ2v) is 3.69. The number of nitrogens with two attached hydrogens (primary N) is 1. The molecular formula is C11H13N3O. The third-order valence-electron chi connectivity index (χ3n) is 2.08. The van der Waals surface area contributed by atoms with Crippen LogP contribution in [-0.4, -0.2) is 9.97 Å². The van der Waals surface area contributed by atoms with Gasteiger partial charge in [-0.1, -0.05) is 13.8 Å². The van der Waals surface area contributed by atoms with Crippen LogP contribution in [0.15, 0.2) is 28.9 Å². The average molecular weight is 203 g/mol. The highest BCUT2D eigenvalue weighted by Gasteiger charge is 2.09. The maximum Gasteiger partial charge on any atom is 0.197 e. The molecule has 4 heteroatoms. The summed E-state index contributed by atoms with van der Waals surface area (Å²) < 4.78 is 5.59. The first-order valence-corrected chi connectivity index (χ1v) is 4.84. The molecule has 0 spiro atoms. The molecule has 0 unspecified atom stereocenters. The lowest BCUT2D eigenvalue weighted by molar-refractivity contribution is 0.481. The number of nitrogens with zero attached hydrogens (tertiary/aromatic N) is 2. The van der Waals surface area contributed by atoms with Crippen molar-refractivity contribution >= 4 is 5.82 Å². The van der Waals surface area contributed by atoms with Gasteiger partial charge in [-0.15, -0.1) is 0 Å². The van der Waals surface area contributed by atoms with Crippen molar-refractivity contribution < 1.29 is 4.42 Å². The normalized spacial score (nSPS) is 10.9. The zero-order valence-electron chi connectivity index (χ0n) is 8.77. The van der Waals surface area contributed by atoms with Gasteiger partial charge >= 0.3 is 0 Å². The van der Waals surface area contributed by atoms with Crippen molar-refractivity contribution in [3.63, 3.8) is 0 Å². The van der Waals surface area contributed by atoms with Crippen LogP contribution in [0.2, 0.25) is 0 Å². The fourth-order valence-corrected chi connectivity index (χ4v) is 1.29. The van der Waals surface area contributed by atoms with Crippen LogP contribution in [0.3, 0.4) is 0 Å². The summed E-state index contributed by atoms with van der Waals surface area (Å²) in [6, 6.07) is 3.62. The van der Waals surface area contributed by atoms with E-state index in [4.69, 9.17) is 10.2 Å². The second kappa shape index (κ2) is 3.73. The Kier molecular flexibility index (Phi) is 2.41.